The van der Waals surface area contributed by atoms with E-state index in [1.807, 2.05) is 30.3 Å². The van der Waals surface area contributed by atoms with E-state index in [4.69, 9.17) is 4.42 Å². The number of carbonyl (C=O) groups excluding carboxylic acids is 2. The van der Waals surface area contributed by atoms with E-state index in [0.29, 0.717) is 28.3 Å². The van der Waals surface area contributed by atoms with Crippen molar-refractivity contribution in [3.63, 3.8) is 0 Å². The third kappa shape index (κ3) is 3.27. The lowest BCUT2D eigenvalue weighted by Crippen LogP contribution is -2.12. The molecule has 0 aliphatic rings. The topological polar surface area (TPSA) is 59.3 Å². The number of ketones is 1. The molecule has 3 aromatic rings. The molecule has 24 heavy (non-hydrogen) atoms. The maximum absolute atomic E-state index is 12.5. The smallest absolute Gasteiger partial charge is 0.259 e. The number of aryl methyl sites for hydroxylation is 1. The second-order valence-corrected chi connectivity index (χ2v) is 5.53. The molecule has 0 unspecified atom stereocenters. The molecule has 0 aliphatic carbocycles. The lowest BCUT2D eigenvalue weighted by atomic mass is 10.1. The van der Waals surface area contributed by atoms with Gasteiger partial charge in [-0.1, -0.05) is 30.3 Å². The molecule has 1 heterocycles. The van der Waals surface area contributed by atoms with Crippen LogP contribution in [0.2, 0.25) is 0 Å². The summed E-state index contributed by atoms with van der Waals surface area (Å²) in [6.07, 6.45) is 0. The minimum atomic E-state index is -0.242. The van der Waals surface area contributed by atoms with Gasteiger partial charge in [0.15, 0.2) is 5.78 Å². The molecule has 1 aromatic heterocycles. The summed E-state index contributed by atoms with van der Waals surface area (Å²) in [4.78, 5) is 23.7. The Morgan fingerprint density at radius 1 is 0.958 bits per heavy atom. The Labute approximate surface area is 140 Å². The lowest BCUT2D eigenvalue weighted by molar-refractivity contribution is 0.101. The average Bonchev–Trinajstić information content (AvgIpc) is 2.98. The SMILES string of the molecule is CC(=O)c1ccc(NC(=O)c2cc(-c3ccccc3)oc2C)cc1. The number of rotatable bonds is 4. The quantitative estimate of drug-likeness (QED) is 0.708. The fourth-order valence-electron chi connectivity index (χ4n) is 2.44. The van der Waals surface area contributed by atoms with Crippen LogP contribution in [0.25, 0.3) is 11.3 Å². The molecule has 1 N–H and O–H groups in total. The van der Waals surface area contributed by atoms with Crippen molar-refractivity contribution in [3.05, 3.63) is 77.6 Å². The first-order valence-electron chi connectivity index (χ1n) is 7.63. The van der Waals surface area contributed by atoms with E-state index >= 15 is 0 Å². The van der Waals surface area contributed by atoms with Crippen LogP contribution in [0.3, 0.4) is 0 Å². The van der Waals surface area contributed by atoms with E-state index in [2.05, 4.69) is 5.32 Å². The van der Waals surface area contributed by atoms with Crippen LogP contribution >= 0.6 is 0 Å². The summed E-state index contributed by atoms with van der Waals surface area (Å²) in [5.74, 6) is 0.969. The number of hydrogen-bond acceptors (Lipinski definition) is 3. The standard InChI is InChI=1S/C20H17NO3/c1-13(22)15-8-10-17(11-9-15)21-20(23)18-12-19(24-14(18)2)16-6-4-3-5-7-16/h3-12H,1-2H3,(H,21,23). The van der Waals surface area contributed by atoms with E-state index in [0.717, 1.165) is 5.56 Å². The van der Waals surface area contributed by atoms with E-state index in [-0.39, 0.29) is 11.7 Å². The van der Waals surface area contributed by atoms with Crippen LogP contribution in [0.15, 0.2) is 65.1 Å². The van der Waals surface area contributed by atoms with Crippen LogP contribution in [-0.2, 0) is 0 Å². The zero-order valence-corrected chi connectivity index (χ0v) is 13.5. The Balaban J connectivity index is 1.80. The highest BCUT2D eigenvalue weighted by Gasteiger charge is 2.16. The summed E-state index contributed by atoms with van der Waals surface area (Å²) in [6, 6.07) is 18.2. The molecule has 4 heteroatoms. The van der Waals surface area contributed by atoms with Crippen LogP contribution in [-0.4, -0.2) is 11.7 Å². The van der Waals surface area contributed by atoms with Gasteiger partial charge < -0.3 is 9.73 Å². The Hall–Kier alpha value is -3.14. The highest BCUT2D eigenvalue weighted by Crippen LogP contribution is 2.25. The number of Topliss-reactive ketones (excluding diaryl/α,β-unsaturated/α-hetero) is 1. The number of benzene rings is 2. The summed E-state index contributed by atoms with van der Waals surface area (Å²) in [5, 5.41) is 2.82. The minimum absolute atomic E-state index is 0.00828. The highest BCUT2D eigenvalue weighted by molar-refractivity contribution is 6.05. The zero-order chi connectivity index (χ0) is 17.1. The molecule has 0 spiro atoms. The van der Waals surface area contributed by atoms with E-state index in [1.54, 1.807) is 37.3 Å². The van der Waals surface area contributed by atoms with Gasteiger partial charge in [-0.2, -0.15) is 0 Å². The number of furan rings is 1. The molecule has 0 saturated carbocycles. The molecule has 3 rings (SSSR count). The van der Waals surface area contributed by atoms with Crippen molar-refractivity contribution < 1.29 is 14.0 Å². The maximum Gasteiger partial charge on any atom is 0.259 e. The lowest BCUT2D eigenvalue weighted by Gasteiger charge is -2.04. The molecule has 2 aromatic carbocycles. The molecular weight excluding hydrogens is 302 g/mol. The first kappa shape index (κ1) is 15.7. The largest absolute Gasteiger partial charge is 0.461 e. The Morgan fingerprint density at radius 3 is 2.25 bits per heavy atom. The fourth-order valence-corrected chi connectivity index (χ4v) is 2.44. The average molecular weight is 319 g/mol. The van der Waals surface area contributed by atoms with Gasteiger partial charge in [0, 0.05) is 16.8 Å². The Morgan fingerprint density at radius 2 is 1.62 bits per heavy atom. The second-order valence-electron chi connectivity index (χ2n) is 5.53. The molecule has 0 bridgehead atoms. The minimum Gasteiger partial charge on any atom is -0.461 e. The third-order valence-corrected chi connectivity index (χ3v) is 3.77. The Bertz CT molecular complexity index is 877. The van der Waals surface area contributed by atoms with Crippen molar-refractivity contribution in [1.82, 2.24) is 0 Å². The zero-order valence-electron chi connectivity index (χ0n) is 13.5. The Kier molecular flexibility index (Phi) is 4.29. The maximum atomic E-state index is 12.5. The number of hydrogen-bond donors (Lipinski definition) is 1. The molecule has 0 fully saturated rings. The predicted molar refractivity (Wildman–Crippen MR) is 93.3 cm³/mol. The normalized spacial score (nSPS) is 10.4. The molecule has 0 aliphatic heterocycles. The van der Waals surface area contributed by atoms with E-state index in [1.165, 1.54) is 6.92 Å². The van der Waals surface area contributed by atoms with Crippen LogP contribution < -0.4 is 5.32 Å². The van der Waals surface area contributed by atoms with Crippen molar-refractivity contribution in [2.75, 3.05) is 5.32 Å². The number of amides is 1. The number of carbonyl (C=O) groups is 2. The molecule has 1 amide bonds. The second kappa shape index (κ2) is 6.54. The molecular formula is C20H17NO3. The van der Waals surface area contributed by atoms with Gasteiger partial charge in [-0.05, 0) is 44.2 Å². The van der Waals surface area contributed by atoms with Crippen molar-refractivity contribution in [2.24, 2.45) is 0 Å². The molecule has 0 atom stereocenters. The van der Waals surface area contributed by atoms with Crippen LogP contribution in [0.1, 0.15) is 33.4 Å². The van der Waals surface area contributed by atoms with Gasteiger partial charge in [0.25, 0.3) is 5.91 Å². The molecule has 4 nitrogen and oxygen atoms in total. The van der Waals surface area contributed by atoms with Crippen LogP contribution in [0, 0.1) is 6.92 Å². The highest BCUT2D eigenvalue weighted by atomic mass is 16.3. The van der Waals surface area contributed by atoms with Crippen LogP contribution in [0.5, 0.6) is 0 Å². The predicted octanol–water partition coefficient (Wildman–Crippen LogP) is 4.71. The van der Waals surface area contributed by atoms with Gasteiger partial charge in [0.05, 0.1) is 5.56 Å². The fraction of sp³-hybridized carbons (Fsp3) is 0.100. The molecule has 0 saturated heterocycles. The van der Waals surface area contributed by atoms with Gasteiger partial charge in [0.1, 0.15) is 11.5 Å². The van der Waals surface area contributed by atoms with Crippen molar-refractivity contribution in [1.29, 1.82) is 0 Å². The first-order chi connectivity index (χ1) is 11.5. The molecule has 0 radical (unpaired) electrons. The van der Waals surface area contributed by atoms with E-state index in [9.17, 15) is 9.59 Å². The van der Waals surface area contributed by atoms with Gasteiger partial charge in [0.2, 0.25) is 0 Å². The number of nitrogens with one attached hydrogen (secondary N) is 1. The first-order valence-corrected chi connectivity index (χ1v) is 7.63. The third-order valence-electron chi connectivity index (χ3n) is 3.77. The summed E-state index contributed by atoms with van der Waals surface area (Å²) in [5.41, 5.74) is 2.65. The monoisotopic (exact) mass is 319 g/mol. The summed E-state index contributed by atoms with van der Waals surface area (Å²) >= 11 is 0. The van der Waals surface area contributed by atoms with Crippen molar-refractivity contribution in [3.8, 4) is 11.3 Å². The molecule has 120 valence electrons. The summed E-state index contributed by atoms with van der Waals surface area (Å²) in [7, 11) is 0. The van der Waals surface area contributed by atoms with Gasteiger partial charge in [-0.3, -0.25) is 9.59 Å². The summed E-state index contributed by atoms with van der Waals surface area (Å²) in [6.45, 7) is 3.27. The van der Waals surface area contributed by atoms with Crippen molar-refractivity contribution >= 4 is 17.4 Å². The number of anilines is 1. The van der Waals surface area contributed by atoms with Crippen molar-refractivity contribution in [2.45, 2.75) is 13.8 Å². The summed E-state index contributed by atoms with van der Waals surface area (Å²) < 4.78 is 5.70. The van der Waals surface area contributed by atoms with Gasteiger partial charge in [-0.25, -0.2) is 0 Å². The van der Waals surface area contributed by atoms with Crippen LogP contribution in [0.4, 0.5) is 5.69 Å². The van der Waals surface area contributed by atoms with Gasteiger partial charge in [-0.15, -0.1) is 0 Å². The van der Waals surface area contributed by atoms with E-state index < -0.39 is 0 Å². The van der Waals surface area contributed by atoms with Gasteiger partial charge >= 0.3 is 0 Å².